The molecule has 5 nitrogen and oxygen atoms in total. The first-order valence-corrected chi connectivity index (χ1v) is 7.05. The average Bonchev–Trinajstić information content (AvgIpc) is 3.04. The Bertz CT molecular complexity index is 536. The molecule has 3 rings (SSSR count). The van der Waals surface area contributed by atoms with Crippen molar-refractivity contribution in [3.63, 3.8) is 0 Å². The molecule has 0 bridgehead atoms. The summed E-state index contributed by atoms with van der Waals surface area (Å²) in [5, 5.41) is 5.65. The van der Waals surface area contributed by atoms with E-state index in [0.29, 0.717) is 12.8 Å². The van der Waals surface area contributed by atoms with Gasteiger partial charge in [0.2, 0.25) is 11.8 Å². The van der Waals surface area contributed by atoms with Gasteiger partial charge in [-0.2, -0.15) is 0 Å². The van der Waals surface area contributed by atoms with Gasteiger partial charge in [-0.1, -0.05) is 0 Å². The maximum Gasteiger partial charge on any atom is 0.228 e. The minimum Gasteiger partial charge on any atom is -0.378 e. The monoisotopic (exact) mass is 274 g/mol. The smallest absolute Gasteiger partial charge is 0.228 e. The number of hydrogen-bond donors (Lipinski definition) is 2. The van der Waals surface area contributed by atoms with Gasteiger partial charge in [0.15, 0.2) is 0 Å². The standard InChI is InChI=1S/C15H18N2O3/c18-14(6-4-12-2-1-7-20-12)16-11-3-5-13-10(8-11)9-15(19)17-13/h3,5,8,12H,1-2,4,6-7,9H2,(H,16,18)(H,17,19). The quantitative estimate of drug-likeness (QED) is 0.883. The fourth-order valence-corrected chi connectivity index (χ4v) is 2.69. The lowest BCUT2D eigenvalue weighted by atomic mass is 10.1. The van der Waals surface area contributed by atoms with Gasteiger partial charge in [0.05, 0.1) is 12.5 Å². The largest absolute Gasteiger partial charge is 0.378 e. The average molecular weight is 274 g/mol. The molecule has 106 valence electrons. The Kier molecular flexibility index (Phi) is 3.69. The molecule has 2 aliphatic rings. The van der Waals surface area contributed by atoms with Crippen LogP contribution >= 0.6 is 0 Å². The lowest BCUT2D eigenvalue weighted by Crippen LogP contribution is -2.15. The zero-order chi connectivity index (χ0) is 13.9. The zero-order valence-corrected chi connectivity index (χ0v) is 11.3. The second-order valence-electron chi connectivity index (χ2n) is 5.32. The third-order valence-electron chi connectivity index (χ3n) is 3.73. The minimum atomic E-state index is -0.00210. The molecule has 1 saturated heterocycles. The molecule has 2 heterocycles. The number of hydrogen-bond acceptors (Lipinski definition) is 3. The van der Waals surface area contributed by atoms with Crippen LogP contribution in [0.1, 0.15) is 31.2 Å². The number of fused-ring (bicyclic) bond motifs is 1. The van der Waals surface area contributed by atoms with Crippen LogP contribution in [-0.2, 0) is 20.7 Å². The number of carbonyl (C=O) groups is 2. The summed E-state index contributed by atoms with van der Waals surface area (Å²) in [5.41, 5.74) is 2.52. The molecule has 0 aliphatic carbocycles. The number of nitrogens with one attached hydrogen (secondary N) is 2. The van der Waals surface area contributed by atoms with E-state index in [2.05, 4.69) is 10.6 Å². The molecule has 0 aromatic heterocycles. The molecule has 5 heteroatoms. The van der Waals surface area contributed by atoms with Crippen molar-refractivity contribution >= 4 is 23.2 Å². The summed E-state index contributed by atoms with van der Waals surface area (Å²) in [6.07, 6.45) is 4.02. The van der Waals surface area contributed by atoms with Crippen molar-refractivity contribution in [3.8, 4) is 0 Å². The molecule has 1 fully saturated rings. The van der Waals surface area contributed by atoms with Crippen molar-refractivity contribution in [2.24, 2.45) is 0 Å². The Morgan fingerprint density at radius 1 is 1.45 bits per heavy atom. The SMILES string of the molecule is O=C(CCC1CCCO1)Nc1ccc2c(c1)CC(=O)N2. The van der Waals surface area contributed by atoms with Crippen LogP contribution in [0.15, 0.2) is 18.2 Å². The summed E-state index contributed by atoms with van der Waals surface area (Å²) >= 11 is 0. The van der Waals surface area contributed by atoms with Crippen LogP contribution in [0.5, 0.6) is 0 Å². The van der Waals surface area contributed by atoms with Gasteiger partial charge in [-0.05, 0) is 43.0 Å². The van der Waals surface area contributed by atoms with E-state index in [1.54, 1.807) is 0 Å². The second-order valence-corrected chi connectivity index (χ2v) is 5.32. The van der Waals surface area contributed by atoms with Crippen molar-refractivity contribution in [1.82, 2.24) is 0 Å². The first kappa shape index (κ1) is 13.1. The van der Waals surface area contributed by atoms with Crippen LogP contribution in [0.25, 0.3) is 0 Å². The summed E-state index contributed by atoms with van der Waals surface area (Å²) < 4.78 is 5.50. The van der Waals surface area contributed by atoms with Crippen LogP contribution in [0, 0.1) is 0 Å². The normalized spacial score (nSPS) is 20.6. The molecule has 0 saturated carbocycles. The predicted molar refractivity (Wildman–Crippen MR) is 75.6 cm³/mol. The van der Waals surface area contributed by atoms with Crippen LogP contribution < -0.4 is 10.6 Å². The van der Waals surface area contributed by atoms with Gasteiger partial charge < -0.3 is 15.4 Å². The van der Waals surface area contributed by atoms with Crippen LogP contribution in [-0.4, -0.2) is 24.5 Å². The molecular formula is C15H18N2O3. The maximum absolute atomic E-state index is 11.9. The third kappa shape index (κ3) is 2.99. The number of carbonyl (C=O) groups excluding carboxylic acids is 2. The fourth-order valence-electron chi connectivity index (χ4n) is 2.69. The van der Waals surface area contributed by atoms with Crippen molar-refractivity contribution in [2.75, 3.05) is 17.2 Å². The number of ether oxygens (including phenoxy) is 1. The third-order valence-corrected chi connectivity index (χ3v) is 3.73. The van der Waals surface area contributed by atoms with Gasteiger partial charge in [-0.25, -0.2) is 0 Å². The van der Waals surface area contributed by atoms with E-state index in [0.717, 1.165) is 42.8 Å². The van der Waals surface area contributed by atoms with Gasteiger partial charge in [-0.15, -0.1) is 0 Å². The molecule has 2 aliphatic heterocycles. The van der Waals surface area contributed by atoms with E-state index in [-0.39, 0.29) is 17.9 Å². The van der Waals surface area contributed by atoms with Crippen LogP contribution in [0.4, 0.5) is 11.4 Å². The van der Waals surface area contributed by atoms with Crippen LogP contribution in [0.2, 0.25) is 0 Å². The topological polar surface area (TPSA) is 67.4 Å². The highest BCUT2D eigenvalue weighted by Crippen LogP contribution is 2.26. The number of anilines is 2. The van der Waals surface area contributed by atoms with E-state index in [9.17, 15) is 9.59 Å². The highest BCUT2D eigenvalue weighted by Gasteiger charge is 2.19. The lowest BCUT2D eigenvalue weighted by molar-refractivity contribution is -0.117. The van der Waals surface area contributed by atoms with E-state index >= 15 is 0 Å². The predicted octanol–water partition coefficient (Wildman–Crippen LogP) is 2.08. The van der Waals surface area contributed by atoms with E-state index in [1.807, 2.05) is 18.2 Å². The number of rotatable bonds is 4. The minimum absolute atomic E-state index is 0.00172. The van der Waals surface area contributed by atoms with Gasteiger partial charge >= 0.3 is 0 Å². The Labute approximate surface area is 117 Å². The Morgan fingerprint density at radius 2 is 2.35 bits per heavy atom. The second kappa shape index (κ2) is 5.63. The van der Waals surface area contributed by atoms with Crippen molar-refractivity contribution < 1.29 is 14.3 Å². The summed E-state index contributed by atoms with van der Waals surface area (Å²) in [6.45, 7) is 0.818. The van der Waals surface area contributed by atoms with Gasteiger partial charge in [0, 0.05) is 24.4 Å². The Balaban J connectivity index is 1.53. The molecule has 2 amide bonds. The molecule has 1 aromatic carbocycles. The molecule has 1 unspecified atom stereocenters. The van der Waals surface area contributed by atoms with E-state index in [1.165, 1.54) is 0 Å². The molecule has 0 radical (unpaired) electrons. The van der Waals surface area contributed by atoms with Gasteiger partial charge in [0.1, 0.15) is 0 Å². The van der Waals surface area contributed by atoms with E-state index in [4.69, 9.17) is 4.74 Å². The Morgan fingerprint density at radius 3 is 3.15 bits per heavy atom. The first-order valence-electron chi connectivity index (χ1n) is 7.05. The summed E-state index contributed by atoms with van der Waals surface area (Å²) in [6, 6.07) is 5.50. The lowest BCUT2D eigenvalue weighted by Gasteiger charge is -2.10. The molecular weight excluding hydrogens is 256 g/mol. The summed E-state index contributed by atoms with van der Waals surface area (Å²) in [5.74, 6) is -0.000378. The fraction of sp³-hybridized carbons (Fsp3) is 0.467. The van der Waals surface area contributed by atoms with Gasteiger partial charge in [-0.3, -0.25) is 9.59 Å². The van der Waals surface area contributed by atoms with Crippen LogP contribution in [0.3, 0.4) is 0 Å². The van der Waals surface area contributed by atoms with Gasteiger partial charge in [0.25, 0.3) is 0 Å². The van der Waals surface area contributed by atoms with Crippen molar-refractivity contribution in [2.45, 2.75) is 38.2 Å². The van der Waals surface area contributed by atoms with E-state index < -0.39 is 0 Å². The molecule has 20 heavy (non-hydrogen) atoms. The Hall–Kier alpha value is -1.88. The number of benzene rings is 1. The number of amides is 2. The maximum atomic E-state index is 11.9. The van der Waals surface area contributed by atoms with Crippen molar-refractivity contribution in [3.05, 3.63) is 23.8 Å². The first-order chi connectivity index (χ1) is 9.70. The molecule has 1 atom stereocenters. The van der Waals surface area contributed by atoms with Crippen molar-refractivity contribution in [1.29, 1.82) is 0 Å². The summed E-state index contributed by atoms with van der Waals surface area (Å²) in [7, 11) is 0. The highest BCUT2D eigenvalue weighted by molar-refractivity contribution is 6.00. The summed E-state index contributed by atoms with van der Waals surface area (Å²) in [4.78, 5) is 23.2. The molecule has 2 N–H and O–H groups in total. The highest BCUT2D eigenvalue weighted by atomic mass is 16.5. The zero-order valence-electron chi connectivity index (χ0n) is 11.3. The molecule has 0 spiro atoms. The molecule has 1 aromatic rings.